The van der Waals surface area contributed by atoms with E-state index < -0.39 is 5.60 Å². The molecule has 0 saturated carbocycles. The first-order valence-corrected chi connectivity index (χ1v) is 5.41. The number of ether oxygens (including phenoxy) is 2. The highest BCUT2D eigenvalue weighted by Crippen LogP contribution is 2.44. The van der Waals surface area contributed by atoms with E-state index >= 15 is 0 Å². The second-order valence-corrected chi connectivity index (χ2v) is 4.21. The number of amidine groups is 1. The Morgan fingerprint density at radius 3 is 3.00 bits per heavy atom. The highest BCUT2D eigenvalue weighted by Gasteiger charge is 2.52. The van der Waals surface area contributed by atoms with Gasteiger partial charge >= 0.3 is 0 Å². The zero-order valence-corrected chi connectivity index (χ0v) is 9.40. The molecule has 2 aliphatic rings. The summed E-state index contributed by atoms with van der Waals surface area (Å²) in [7, 11) is 1.59. The summed E-state index contributed by atoms with van der Waals surface area (Å²) in [5, 5.41) is 0. The van der Waals surface area contributed by atoms with Crippen LogP contribution >= 0.6 is 0 Å². The third-order valence-corrected chi connectivity index (χ3v) is 3.33. The average Bonchev–Trinajstić information content (AvgIpc) is 2.82. The molecule has 88 valence electrons. The van der Waals surface area contributed by atoms with E-state index in [9.17, 15) is 4.79 Å². The van der Waals surface area contributed by atoms with Gasteiger partial charge in [0.15, 0.2) is 0 Å². The number of methoxy groups -OCH3 is 1. The van der Waals surface area contributed by atoms with Gasteiger partial charge in [0, 0.05) is 12.0 Å². The Bertz CT molecular complexity index is 539. The van der Waals surface area contributed by atoms with Gasteiger partial charge in [-0.15, -0.1) is 0 Å². The molecule has 0 aromatic heterocycles. The number of hydrogen-bond acceptors (Lipinski definition) is 4. The van der Waals surface area contributed by atoms with Gasteiger partial charge in [0.25, 0.3) is 11.9 Å². The largest absolute Gasteiger partial charge is 0.497 e. The Labute approximate surface area is 98.2 Å². The van der Waals surface area contributed by atoms with Crippen molar-refractivity contribution in [2.75, 3.05) is 7.11 Å². The molecule has 1 unspecified atom stereocenters. The van der Waals surface area contributed by atoms with Gasteiger partial charge in [0.1, 0.15) is 5.75 Å². The molecule has 1 amide bonds. The Morgan fingerprint density at radius 2 is 2.35 bits per heavy atom. The van der Waals surface area contributed by atoms with Gasteiger partial charge in [0.05, 0.1) is 7.11 Å². The third kappa shape index (κ3) is 1.25. The highest BCUT2D eigenvalue weighted by molar-refractivity contribution is 6.02. The summed E-state index contributed by atoms with van der Waals surface area (Å²) in [4.78, 5) is 15.6. The molecule has 17 heavy (non-hydrogen) atoms. The van der Waals surface area contributed by atoms with Crippen molar-refractivity contribution >= 4 is 11.9 Å². The molecular formula is C12H12N2O3. The minimum absolute atomic E-state index is 0.0503. The average molecular weight is 232 g/mol. The van der Waals surface area contributed by atoms with E-state index in [1.54, 1.807) is 7.11 Å². The lowest BCUT2D eigenvalue weighted by atomic mass is 9.95. The number of rotatable bonds is 1. The van der Waals surface area contributed by atoms with E-state index in [-0.39, 0.29) is 11.9 Å². The molecule has 0 bridgehead atoms. The molecule has 3 rings (SSSR count). The number of aliphatic imine (C=N–C) groups is 1. The molecule has 1 aromatic carbocycles. The predicted molar refractivity (Wildman–Crippen MR) is 60.7 cm³/mol. The monoisotopic (exact) mass is 232 g/mol. The van der Waals surface area contributed by atoms with Crippen molar-refractivity contribution in [1.29, 1.82) is 0 Å². The van der Waals surface area contributed by atoms with Crippen LogP contribution in [0.4, 0.5) is 0 Å². The highest BCUT2D eigenvalue weighted by atomic mass is 16.5. The van der Waals surface area contributed by atoms with Gasteiger partial charge in [0.2, 0.25) is 5.60 Å². The summed E-state index contributed by atoms with van der Waals surface area (Å²) in [6.45, 7) is 0. The predicted octanol–water partition coefficient (Wildman–Crippen LogP) is 0.708. The smallest absolute Gasteiger partial charge is 0.299 e. The van der Waals surface area contributed by atoms with Crippen LogP contribution in [-0.4, -0.2) is 19.0 Å². The molecule has 0 saturated heterocycles. The van der Waals surface area contributed by atoms with Crippen molar-refractivity contribution in [1.82, 2.24) is 0 Å². The summed E-state index contributed by atoms with van der Waals surface area (Å²) in [6, 6.07) is 5.61. The second-order valence-electron chi connectivity index (χ2n) is 4.21. The minimum atomic E-state index is -1.01. The lowest BCUT2D eigenvalue weighted by Crippen LogP contribution is -2.33. The van der Waals surface area contributed by atoms with Crippen LogP contribution in [0.3, 0.4) is 0 Å². The van der Waals surface area contributed by atoms with Gasteiger partial charge < -0.3 is 15.2 Å². The van der Waals surface area contributed by atoms with Crippen molar-refractivity contribution in [2.24, 2.45) is 10.7 Å². The van der Waals surface area contributed by atoms with Crippen LogP contribution in [-0.2, 0) is 21.6 Å². The SMILES string of the molecule is COc1ccc2c(c1)C1(CC2)OC(N)=NC1=O. The Morgan fingerprint density at radius 1 is 1.53 bits per heavy atom. The molecule has 5 heteroatoms. The van der Waals surface area contributed by atoms with Crippen molar-refractivity contribution < 1.29 is 14.3 Å². The van der Waals surface area contributed by atoms with Gasteiger partial charge in [-0.2, -0.15) is 4.99 Å². The molecule has 1 atom stereocenters. The van der Waals surface area contributed by atoms with E-state index in [2.05, 4.69) is 4.99 Å². The van der Waals surface area contributed by atoms with Crippen LogP contribution < -0.4 is 10.5 Å². The van der Waals surface area contributed by atoms with Crippen LogP contribution in [0.15, 0.2) is 23.2 Å². The summed E-state index contributed by atoms with van der Waals surface area (Å²) in [5.41, 5.74) is 6.39. The van der Waals surface area contributed by atoms with Crippen molar-refractivity contribution in [2.45, 2.75) is 18.4 Å². The third-order valence-electron chi connectivity index (χ3n) is 3.33. The van der Waals surface area contributed by atoms with E-state index in [0.29, 0.717) is 12.2 Å². The zero-order chi connectivity index (χ0) is 12.0. The topological polar surface area (TPSA) is 73.9 Å². The fourth-order valence-corrected chi connectivity index (χ4v) is 2.49. The Kier molecular flexibility index (Phi) is 1.92. The number of carbonyl (C=O) groups excluding carboxylic acids is 1. The molecule has 1 aliphatic heterocycles. The van der Waals surface area contributed by atoms with E-state index in [0.717, 1.165) is 17.5 Å². The van der Waals surface area contributed by atoms with Gasteiger partial charge in [-0.05, 0) is 24.1 Å². The van der Waals surface area contributed by atoms with Crippen LogP contribution in [0.5, 0.6) is 5.75 Å². The second kappa shape index (κ2) is 3.23. The maximum Gasteiger partial charge on any atom is 0.299 e. The normalized spacial score (nSPS) is 25.7. The lowest BCUT2D eigenvalue weighted by molar-refractivity contribution is -0.131. The first-order chi connectivity index (χ1) is 8.15. The molecule has 0 fully saturated rings. The number of fused-ring (bicyclic) bond motifs is 2. The van der Waals surface area contributed by atoms with E-state index in [1.807, 2.05) is 18.2 Å². The molecule has 1 aliphatic carbocycles. The summed E-state index contributed by atoms with van der Waals surface area (Å²) < 4.78 is 10.6. The van der Waals surface area contributed by atoms with Crippen molar-refractivity contribution in [3.8, 4) is 5.75 Å². The Balaban J connectivity index is 2.12. The fourth-order valence-electron chi connectivity index (χ4n) is 2.49. The van der Waals surface area contributed by atoms with E-state index in [4.69, 9.17) is 15.2 Å². The number of nitrogens with zero attached hydrogens (tertiary/aromatic N) is 1. The van der Waals surface area contributed by atoms with E-state index in [1.165, 1.54) is 0 Å². The number of amides is 1. The molecule has 5 nitrogen and oxygen atoms in total. The number of carbonyl (C=O) groups is 1. The molecule has 1 spiro atoms. The molecule has 0 radical (unpaired) electrons. The summed E-state index contributed by atoms with van der Waals surface area (Å²) in [5.74, 6) is 0.383. The van der Waals surface area contributed by atoms with Crippen LogP contribution in [0.2, 0.25) is 0 Å². The standard InChI is InChI=1S/C12H12N2O3/c1-16-8-3-2-7-4-5-12(9(7)6-8)10(15)14-11(13)17-12/h2-3,6H,4-5H2,1H3,(H2,13,14,15). The molecule has 2 N–H and O–H groups in total. The van der Waals surface area contributed by atoms with Crippen molar-refractivity contribution in [3.05, 3.63) is 29.3 Å². The van der Waals surface area contributed by atoms with Gasteiger partial charge in [-0.3, -0.25) is 4.79 Å². The Hall–Kier alpha value is -2.04. The maximum atomic E-state index is 11.9. The maximum absolute atomic E-state index is 11.9. The van der Waals surface area contributed by atoms with Crippen molar-refractivity contribution in [3.63, 3.8) is 0 Å². The van der Waals surface area contributed by atoms with Gasteiger partial charge in [-0.1, -0.05) is 6.07 Å². The minimum Gasteiger partial charge on any atom is -0.497 e. The van der Waals surface area contributed by atoms with Crippen LogP contribution in [0.25, 0.3) is 0 Å². The first-order valence-electron chi connectivity index (χ1n) is 5.41. The quantitative estimate of drug-likeness (QED) is 0.773. The zero-order valence-electron chi connectivity index (χ0n) is 9.40. The number of hydrogen-bond donors (Lipinski definition) is 1. The number of aryl methyl sites for hydroxylation is 1. The van der Waals surface area contributed by atoms with Crippen LogP contribution in [0, 0.1) is 0 Å². The molecular weight excluding hydrogens is 220 g/mol. The summed E-state index contributed by atoms with van der Waals surface area (Å²) >= 11 is 0. The number of benzene rings is 1. The van der Waals surface area contributed by atoms with Crippen LogP contribution in [0.1, 0.15) is 17.5 Å². The fraction of sp³-hybridized carbons (Fsp3) is 0.333. The van der Waals surface area contributed by atoms with Gasteiger partial charge in [-0.25, -0.2) is 0 Å². The molecule has 1 heterocycles. The number of nitrogens with two attached hydrogens (primary N) is 1. The lowest BCUT2D eigenvalue weighted by Gasteiger charge is -2.21. The summed E-state index contributed by atoms with van der Waals surface area (Å²) in [6.07, 6.45) is 1.37. The first kappa shape index (κ1) is 10.1. The molecule has 1 aromatic rings.